The molecule has 4 aliphatic carbocycles. The summed E-state index contributed by atoms with van der Waals surface area (Å²) >= 11 is 1.85. The van der Waals surface area contributed by atoms with Crippen LogP contribution in [0.15, 0.2) is 41.6 Å². The lowest BCUT2D eigenvalue weighted by Gasteiger charge is -2.44. The third kappa shape index (κ3) is 6.92. The summed E-state index contributed by atoms with van der Waals surface area (Å²) in [4.78, 5) is 18.8. The van der Waals surface area contributed by atoms with Crippen LogP contribution >= 0.6 is 11.3 Å². The number of allylic oxidation sites excluding steroid dienone is 3. The van der Waals surface area contributed by atoms with Crippen molar-refractivity contribution in [2.75, 3.05) is 0 Å². The lowest BCUT2D eigenvalue weighted by molar-refractivity contribution is -0.151. The van der Waals surface area contributed by atoms with Crippen LogP contribution in [0.5, 0.6) is 0 Å². The molecule has 2 N–H and O–H groups in total. The van der Waals surface area contributed by atoms with Crippen LogP contribution < -0.4 is 0 Å². The van der Waals surface area contributed by atoms with Gasteiger partial charge in [0.05, 0.1) is 17.6 Å². The molecule has 0 aliphatic heterocycles. The predicted molar refractivity (Wildman–Crippen MR) is 175 cm³/mol. The van der Waals surface area contributed by atoms with Crippen LogP contribution in [0.1, 0.15) is 127 Å². The maximum Gasteiger partial charge on any atom is 0.305 e. The van der Waals surface area contributed by atoms with E-state index >= 15 is 0 Å². The van der Waals surface area contributed by atoms with E-state index in [1.807, 2.05) is 18.3 Å². The maximum atomic E-state index is 12.6. The number of carbonyl (C=O) groups excluding carboxylic acids is 1. The molecule has 0 amide bonds. The Bertz CT molecular complexity index is 1210. The minimum absolute atomic E-state index is 0.0830. The molecule has 1 heterocycles. The van der Waals surface area contributed by atoms with Gasteiger partial charge in [0.15, 0.2) is 0 Å². The number of thiazole rings is 1. The highest BCUT2D eigenvalue weighted by Crippen LogP contribution is 2.60. The molecular formula is C37H55NO4S. The predicted octanol–water partition coefficient (Wildman–Crippen LogP) is 8.40. The molecule has 0 unspecified atom stereocenters. The van der Waals surface area contributed by atoms with Crippen molar-refractivity contribution in [1.82, 2.24) is 4.98 Å². The summed E-state index contributed by atoms with van der Waals surface area (Å²) in [5.41, 5.74) is 3.49. The van der Waals surface area contributed by atoms with E-state index in [0.717, 1.165) is 49.7 Å². The number of unbranched alkanes of at least 4 members (excludes halogenated alkanes) is 1. The highest BCUT2D eigenvalue weighted by Gasteiger charge is 2.55. The normalized spacial score (nSPS) is 33.4. The number of fused-ring (bicyclic) bond motifs is 1. The Morgan fingerprint density at radius 1 is 1.21 bits per heavy atom. The van der Waals surface area contributed by atoms with Crippen LogP contribution in [0, 0.1) is 23.2 Å². The van der Waals surface area contributed by atoms with Crippen LogP contribution in [0.25, 0.3) is 0 Å². The van der Waals surface area contributed by atoms with E-state index in [4.69, 9.17) is 9.72 Å². The Morgan fingerprint density at radius 2 is 2.00 bits per heavy atom. The first-order valence-corrected chi connectivity index (χ1v) is 18.0. The molecule has 4 fully saturated rings. The van der Waals surface area contributed by atoms with Gasteiger partial charge < -0.3 is 14.9 Å². The van der Waals surface area contributed by atoms with Gasteiger partial charge in [-0.25, -0.2) is 4.98 Å². The molecule has 5 rings (SSSR count). The van der Waals surface area contributed by atoms with Crippen molar-refractivity contribution in [3.63, 3.8) is 0 Å². The summed E-state index contributed by atoms with van der Waals surface area (Å²) in [6.45, 7) is 13.2. The summed E-state index contributed by atoms with van der Waals surface area (Å²) in [6, 6.07) is 0. The number of hydrogen-bond donors (Lipinski definition) is 2. The van der Waals surface area contributed by atoms with Gasteiger partial charge in [-0.15, -0.1) is 11.3 Å². The fourth-order valence-corrected chi connectivity index (χ4v) is 10.0. The Balaban J connectivity index is 1.27. The number of aliphatic hydroxyl groups is 2. The van der Waals surface area contributed by atoms with Crippen molar-refractivity contribution in [3.05, 3.63) is 51.5 Å². The minimum atomic E-state index is -0.643. The fourth-order valence-electron chi connectivity index (χ4n) is 8.80. The topological polar surface area (TPSA) is 79.7 Å². The van der Waals surface area contributed by atoms with E-state index in [2.05, 4.69) is 45.7 Å². The van der Waals surface area contributed by atoms with Gasteiger partial charge in [0, 0.05) is 23.9 Å². The Morgan fingerprint density at radius 3 is 2.72 bits per heavy atom. The van der Waals surface area contributed by atoms with Crippen molar-refractivity contribution in [2.45, 2.75) is 148 Å². The molecule has 238 valence electrons. The smallest absolute Gasteiger partial charge is 0.305 e. The highest BCUT2D eigenvalue weighted by molar-refractivity contribution is 7.11. The first-order valence-electron chi connectivity index (χ1n) is 17.2. The monoisotopic (exact) mass is 609 g/mol. The second kappa shape index (κ2) is 13.7. The molecule has 4 aliphatic rings. The molecule has 7 atom stereocenters. The number of rotatable bonds is 12. The van der Waals surface area contributed by atoms with Gasteiger partial charge >= 0.3 is 5.97 Å². The number of nitrogens with zero attached hydrogens (tertiary/aromatic N) is 1. The standard InChI is InChI=1S/C37H55NO4S/c1-6-8-11-29-23-38-35(43-29)37(19-20-37)33(42-34(41)7-2)17-12-24(3)30-15-16-31-26(10-9-18-36(30,31)5)13-14-27-21-28(39)22-32(40)25(27)4/h13-14,23-24,28,30-33,39-40H,4,6-12,15-22H2,1-3,5H3/t24-,28-,30-,31+,32+,33-,36-/m1/s1. The van der Waals surface area contributed by atoms with Crippen LogP contribution in [0.4, 0.5) is 0 Å². The fraction of sp³-hybridized carbons (Fsp3) is 0.730. The van der Waals surface area contributed by atoms with Crippen LogP contribution in [0.2, 0.25) is 0 Å². The quantitative estimate of drug-likeness (QED) is 0.233. The third-order valence-corrected chi connectivity index (χ3v) is 12.9. The maximum absolute atomic E-state index is 12.6. The summed E-state index contributed by atoms with van der Waals surface area (Å²) in [6.07, 6.45) is 20.3. The van der Waals surface area contributed by atoms with E-state index < -0.39 is 12.2 Å². The number of aryl methyl sites for hydroxylation is 1. The number of aliphatic hydroxyl groups excluding tert-OH is 2. The Hall–Kier alpha value is -1.76. The summed E-state index contributed by atoms with van der Waals surface area (Å²) < 4.78 is 6.22. The van der Waals surface area contributed by atoms with E-state index in [0.29, 0.717) is 37.0 Å². The van der Waals surface area contributed by atoms with Crippen molar-refractivity contribution in [3.8, 4) is 0 Å². The van der Waals surface area contributed by atoms with Gasteiger partial charge in [-0.2, -0.15) is 0 Å². The molecule has 1 aromatic rings. The number of ether oxygens (including phenoxy) is 1. The van der Waals surface area contributed by atoms with E-state index in [-0.39, 0.29) is 22.9 Å². The van der Waals surface area contributed by atoms with E-state index in [1.54, 1.807) is 0 Å². The number of esters is 1. The van der Waals surface area contributed by atoms with Gasteiger partial charge in [-0.05, 0) is 111 Å². The molecular weight excluding hydrogens is 554 g/mol. The van der Waals surface area contributed by atoms with Crippen molar-refractivity contribution >= 4 is 17.3 Å². The zero-order chi connectivity index (χ0) is 30.8. The van der Waals surface area contributed by atoms with Gasteiger partial charge in [-0.1, -0.05) is 58.4 Å². The zero-order valence-electron chi connectivity index (χ0n) is 27.1. The molecule has 1 aromatic heterocycles. The van der Waals surface area contributed by atoms with Gasteiger partial charge in [0.2, 0.25) is 0 Å². The molecule has 4 saturated carbocycles. The second-order valence-corrected chi connectivity index (χ2v) is 15.6. The number of aromatic nitrogens is 1. The van der Waals surface area contributed by atoms with Crippen LogP contribution in [-0.2, 0) is 21.4 Å². The molecule has 43 heavy (non-hydrogen) atoms. The van der Waals surface area contributed by atoms with E-state index in [9.17, 15) is 15.0 Å². The molecule has 0 aromatic carbocycles. The third-order valence-electron chi connectivity index (χ3n) is 11.6. The first-order chi connectivity index (χ1) is 20.6. The van der Waals surface area contributed by atoms with Crippen LogP contribution in [0.3, 0.4) is 0 Å². The summed E-state index contributed by atoms with van der Waals surface area (Å²) in [7, 11) is 0. The average molecular weight is 610 g/mol. The van der Waals surface area contributed by atoms with Crippen molar-refractivity contribution < 1.29 is 19.7 Å². The first kappa shape index (κ1) is 32.6. The molecule has 0 saturated heterocycles. The summed E-state index contributed by atoms with van der Waals surface area (Å²) in [5.74, 6) is 1.71. The van der Waals surface area contributed by atoms with Crippen molar-refractivity contribution in [1.29, 1.82) is 0 Å². The van der Waals surface area contributed by atoms with E-state index in [1.165, 1.54) is 54.0 Å². The van der Waals surface area contributed by atoms with Crippen molar-refractivity contribution in [2.24, 2.45) is 23.2 Å². The van der Waals surface area contributed by atoms with Crippen LogP contribution in [-0.4, -0.2) is 39.5 Å². The minimum Gasteiger partial charge on any atom is -0.461 e. The Labute approximate surface area is 263 Å². The van der Waals surface area contributed by atoms with Gasteiger partial charge in [-0.3, -0.25) is 4.79 Å². The SMILES string of the molecule is C=C1C(=CC=C2CCC[C@]3(C)[C@@H]([C@H](C)CC[C@@H](OC(=O)CC)C4(c5ncc(CCCC)s5)CC4)CC[C@@H]23)C[C@@H](O)C[C@@H]1O. The number of carbonyl (C=O) groups is 1. The highest BCUT2D eigenvalue weighted by atomic mass is 32.1. The summed E-state index contributed by atoms with van der Waals surface area (Å²) in [5, 5.41) is 21.7. The molecule has 6 heteroatoms. The number of hydrogen-bond acceptors (Lipinski definition) is 6. The zero-order valence-corrected chi connectivity index (χ0v) is 27.9. The molecule has 0 bridgehead atoms. The second-order valence-electron chi connectivity index (χ2n) is 14.4. The van der Waals surface area contributed by atoms with Gasteiger partial charge in [0.1, 0.15) is 11.1 Å². The largest absolute Gasteiger partial charge is 0.461 e. The average Bonchev–Trinajstić information content (AvgIpc) is 3.50. The Kier molecular flexibility index (Phi) is 10.4. The molecule has 0 radical (unpaired) electrons. The molecule has 5 nitrogen and oxygen atoms in total. The molecule has 0 spiro atoms. The lowest BCUT2D eigenvalue weighted by atomic mass is 9.60. The van der Waals surface area contributed by atoms with Gasteiger partial charge in [0.25, 0.3) is 0 Å². The lowest BCUT2D eigenvalue weighted by Crippen LogP contribution is -2.37.